The van der Waals surface area contributed by atoms with Gasteiger partial charge in [-0.15, -0.1) is 0 Å². The Balaban J connectivity index is 1.11. The van der Waals surface area contributed by atoms with Crippen LogP contribution in [0.15, 0.2) is 224 Å². The van der Waals surface area contributed by atoms with E-state index in [4.69, 9.17) is 0 Å². The van der Waals surface area contributed by atoms with Crippen molar-refractivity contribution in [1.82, 2.24) is 13.5 Å². The third kappa shape index (κ3) is 4.58. The highest BCUT2D eigenvalue weighted by Crippen LogP contribution is 2.52. The van der Waals surface area contributed by atoms with Crippen molar-refractivity contribution in [2.24, 2.45) is 0 Å². The van der Waals surface area contributed by atoms with Gasteiger partial charge >= 0.3 is 0 Å². The second kappa shape index (κ2) is 12.9. The van der Waals surface area contributed by atoms with Crippen molar-refractivity contribution in [3.05, 3.63) is 224 Å². The number of aromatic nitrogens is 3. The van der Waals surface area contributed by atoms with E-state index >= 15 is 0 Å². The van der Waals surface area contributed by atoms with Crippen molar-refractivity contribution in [2.75, 3.05) is 0 Å². The lowest BCUT2D eigenvalue weighted by molar-refractivity contribution is 1.18. The van der Waals surface area contributed by atoms with Crippen LogP contribution in [-0.2, 0) is 0 Å². The number of benzene rings is 11. The van der Waals surface area contributed by atoms with E-state index in [0.717, 1.165) is 11.4 Å². The molecule has 0 N–H and O–H groups in total. The van der Waals surface area contributed by atoms with Gasteiger partial charge in [0.2, 0.25) is 0 Å². The summed E-state index contributed by atoms with van der Waals surface area (Å²) in [5, 5.41) is 15.2. The topological polar surface area (TPSA) is 14.3 Å². The highest BCUT2D eigenvalue weighted by Gasteiger charge is 2.27. The number of hydrogen-bond acceptors (Lipinski definition) is 0. The Morgan fingerprint density at radius 2 is 0.615 bits per heavy atom. The molecule has 0 amide bonds. The summed E-state index contributed by atoms with van der Waals surface area (Å²) in [7, 11) is 0. The zero-order valence-electron chi connectivity index (χ0n) is 35.2. The van der Waals surface area contributed by atoms with Crippen molar-refractivity contribution in [3.8, 4) is 33.6 Å². The average molecular weight is 824 g/mol. The van der Waals surface area contributed by atoms with Crippen LogP contribution in [0.1, 0.15) is 0 Å². The minimum Gasteiger partial charge on any atom is -0.309 e. The fraction of sp³-hybridized carbons (Fsp3) is 0. The molecule has 0 spiro atoms. The minimum absolute atomic E-state index is 1.16. The summed E-state index contributed by atoms with van der Waals surface area (Å²) >= 11 is 0. The van der Waals surface area contributed by atoms with Gasteiger partial charge in [0, 0.05) is 65.6 Å². The molecular formula is C62H37N3. The Bertz CT molecular complexity index is 4170. The monoisotopic (exact) mass is 823 g/mol. The van der Waals surface area contributed by atoms with Crippen LogP contribution >= 0.6 is 0 Å². The zero-order valence-corrected chi connectivity index (χ0v) is 35.2. The van der Waals surface area contributed by atoms with Crippen molar-refractivity contribution >= 4 is 103 Å². The summed E-state index contributed by atoms with van der Waals surface area (Å²) in [5.74, 6) is 0. The van der Waals surface area contributed by atoms with Crippen LogP contribution in [0.5, 0.6) is 0 Å². The molecule has 0 saturated carbocycles. The summed E-state index contributed by atoms with van der Waals surface area (Å²) < 4.78 is 7.46. The molecule has 0 atom stereocenters. The SMILES string of the molecule is c1ccc(-n2c3ccccc3c3c(-c4c5ccccc5cc5c4c4cccc6c7c(-c8cccc9c8c8ccccc8n9-c8ccccc8)c8ccccc8cc7n5c46)cccc32)cc1. The summed E-state index contributed by atoms with van der Waals surface area (Å²) in [4.78, 5) is 0. The first kappa shape index (κ1) is 34.9. The first-order valence-electron chi connectivity index (χ1n) is 22.5. The van der Waals surface area contributed by atoms with Gasteiger partial charge in [0.25, 0.3) is 0 Å². The standard InChI is InChI=1S/C62H37N3/c1-3-20-40(21-4-1)63-50-32-13-11-26-44(50)56-46(28-16-34-52(56)63)58-42-24-9-7-18-38(42)36-54-60(58)48-30-15-31-49-61-55(65(54)62(48)49)37-39-19-8-10-25-43(39)59(61)47-29-17-35-53-57(47)45-27-12-14-33-51(45)64(53)41-22-5-2-6-23-41/h1-37H. The maximum atomic E-state index is 2.60. The predicted molar refractivity (Wildman–Crippen MR) is 276 cm³/mol. The van der Waals surface area contributed by atoms with Gasteiger partial charge in [-0.1, -0.05) is 164 Å². The first-order chi connectivity index (χ1) is 32.3. The zero-order chi connectivity index (χ0) is 42.3. The smallest absolute Gasteiger partial charge is 0.0620 e. The van der Waals surface area contributed by atoms with Gasteiger partial charge in [-0.2, -0.15) is 0 Å². The Labute approximate surface area is 373 Å². The van der Waals surface area contributed by atoms with E-state index in [1.165, 1.54) is 126 Å². The number of rotatable bonds is 4. The highest BCUT2D eigenvalue weighted by atomic mass is 15.0. The van der Waals surface area contributed by atoms with Crippen molar-refractivity contribution < 1.29 is 0 Å². The Morgan fingerprint density at radius 1 is 0.246 bits per heavy atom. The van der Waals surface area contributed by atoms with Gasteiger partial charge in [0.05, 0.1) is 38.6 Å². The third-order valence-corrected chi connectivity index (χ3v) is 14.3. The molecular weight excluding hydrogens is 787 g/mol. The molecule has 0 aliphatic rings. The normalized spacial score (nSPS) is 12.3. The molecule has 65 heavy (non-hydrogen) atoms. The van der Waals surface area contributed by atoms with Crippen LogP contribution in [-0.4, -0.2) is 13.5 Å². The van der Waals surface area contributed by atoms with Crippen LogP contribution in [0, 0.1) is 0 Å². The van der Waals surface area contributed by atoms with E-state index < -0.39 is 0 Å². The summed E-state index contributed by atoms with van der Waals surface area (Å²) in [6.07, 6.45) is 0. The molecule has 0 fully saturated rings. The van der Waals surface area contributed by atoms with Crippen molar-refractivity contribution in [2.45, 2.75) is 0 Å². The van der Waals surface area contributed by atoms with E-state index in [1.807, 2.05) is 0 Å². The van der Waals surface area contributed by atoms with E-state index in [1.54, 1.807) is 0 Å². The van der Waals surface area contributed by atoms with E-state index in [9.17, 15) is 0 Å². The predicted octanol–water partition coefficient (Wildman–Crippen LogP) is 16.7. The molecule has 0 radical (unpaired) electrons. The fourth-order valence-electron chi connectivity index (χ4n) is 11.8. The summed E-state index contributed by atoms with van der Waals surface area (Å²) in [6, 6.07) is 83.1. The molecule has 4 aromatic heterocycles. The van der Waals surface area contributed by atoms with Gasteiger partial charge in [0.1, 0.15) is 0 Å². The minimum atomic E-state index is 1.16. The second-order valence-corrected chi connectivity index (χ2v) is 17.5. The molecule has 0 aliphatic carbocycles. The van der Waals surface area contributed by atoms with Crippen LogP contribution in [0.2, 0.25) is 0 Å². The Morgan fingerprint density at radius 3 is 1.09 bits per heavy atom. The molecule has 15 rings (SSSR count). The molecule has 300 valence electrons. The Hall–Kier alpha value is -8.66. The van der Waals surface area contributed by atoms with Gasteiger partial charge in [-0.25, -0.2) is 0 Å². The number of nitrogens with zero attached hydrogens (tertiary/aromatic N) is 3. The van der Waals surface area contributed by atoms with Crippen LogP contribution in [0.25, 0.3) is 137 Å². The highest BCUT2D eigenvalue weighted by molar-refractivity contribution is 6.35. The lowest BCUT2D eigenvalue weighted by atomic mass is 9.89. The number of para-hydroxylation sites is 5. The summed E-state index contributed by atoms with van der Waals surface area (Å²) in [6.45, 7) is 0. The molecule has 3 nitrogen and oxygen atoms in total. The lowest BCUT2D eigenvalue weighted by Gasteiger charge is -2.15. The van der Waals surface area contributed by atoms with Gasteiger partial charge in [0.15, 0.2) is 0 Å². The molecule has 3 heteroatoms. The van der Waals surface area contributed by atoms with Crippen molar-refractivity contribution in [1.29, 1.82) is 0 Å². The number of fused-ring (bicyclic) bond motifs is 14. The second-order valence-electron chi connectivity index (χ2n) is 17.5. The van der Waals surface area contributed by atoms with Crippen LogP contribution < -0.4 is 0 Å². The molecule has 11 aromatic carbocycles. The van der Waals surface area contributed by atoms with Crippen LogP contribution in [0.4, 0.5) is 0 Å². The van der Waals surface area contributed by atoms with Crippen molar-refractivity contribution in [3.63, 3.8) is 0 Å². The largest absolute Gasteiger partial charge is 0.309 e. The van der Waals surface area contributed by atoms with Gasteiger partial charge < -0.3 is 13.5 Å². The Kier molecular flexibility index (Phi) is 6.95. The van der Waals surface area contributed by atoms with Gasteiger partial charge in [-0.3, -0.25) is 0 Å². The van der Waals surface area contributed by atoms with Crippen LogP contribution in [0.3, 0.4) is 0 Å². The average Bonchev–Trinajstić information content (AvgIpc) is 4.10. The summed E-state index contributed by atoms with van der Waals surface area (Å²) in [5.41, 5.74) is 15.9. The third-order valence-electron chi connectivity index (χ3n) is 14.3. The van der Waals surface area contributed by atoms with E-state index in [-0.39, 0.29) is 0 Å². The van der Waals surface area contributed by atoms with Gasteiger partial charge in [-0.05, 0) is 93.3 Å². The molecule has 4 heterocycles. The first-order valence-corrected chi connectivity index (χ1v) is 22.5. The molecule has 0 aliphatic heterocycles. The molecule has 0 unspecified atom stereocenters. The quantitative estimate of drug-likeness (QED) is 0.168. The molecule has 15 aromatic rings. The maximum Gasteiger partial charge on any atom is 0.0620 e. The maximum absolute atomic E-state index is 2.60. The molecule has 0 saturated heterocycles. The van der Waals surface area contributed by atoms with E-state index in [0.29, 0.717) is 0 Å². The number of hydrogen-bond donors (Lipinski definition) is 0. The van der Waals surface area contributed by atoms with E-state index in [2.05, 4.69) is 238 Å². The fourth-order valence-corrected chi connectivity index (χ4v) is 11.8. The lowest BCUT2D eigenvalue weighted by Crippen LogP contribution is -1.93. The molecule has 0 bridgehead atoms.